The number of nitrogens with one attached hydrogen (secondary N) is 1. The van der Waals surface area contributed by atoms with Crippen molar-refractivity contribution in [3.63, 3.8) is 0 Å². The fourth-order valence-corrected chi connectivity index (χ4v) is 4.02. The van der Waals surface area contributed by atoms with Crippen molar-refractivity contribution < 1.29 is 30.9 Å². The maximum atomic E-state index is 12.8. The van der Waals surface area contributed by atoms with Crippen LogP contribution in [0.3, 0.4) is 0 Å². The quantitative estimate of drug-likeness (QED) is 0.547. The van der Waals surface area contributed by atoms with Gasteiger partial charge < -0.3 is 14.6 Å². The largest absolute Gasteiger partial charge is 0.534 e. The topological polar surface area (TPSA) is 75.6 Å². The third-order valence-electron chi connectivity index (χ3n) is 4.56. The SMILES string of the molecule is CC1=CC(C)(C)Nc2ccc(-c3ccccc3OS(=O)(=O)C(F)(F)F)c(CO)c21. The molecule has 0 atom stereocenters. The van der Waals surface area contributed by atoms with Gasteiger partial charge in [-0.3, -0.25) is 0 Å². The molecule has 0 saturated carbocycles. The highest BCUT2D eigenvalue weighted by molar-refractivity contribution is 7.88. The Morgan fingerprint density at radius 1 is 1.10 bits per heavy atom. The second-order valence-corrected chi connectivity index (χ2v) is 8.86. The summed E-state index contributed by atoms with van der Waals surface area (Å²) in [7, 11) is -5.83. The van der Waals surface area contributed by atoms with E-state index in [9.17, 15) is 26.7 Å². The van der Waals surface area contributed by atoms with Gasteiger partial charge in [0.05, 0.1) is 12.1 Å². The first-order valence-electron chi connectivity index (χ1n) is 8.71. The van der Waals surface area contributed by atoms with Crippen molar-refractivity contribution in [2.45, 2.75) is 38.4 Å². The predicted octanol–water partition coefficient (Wildman–Crippen LogP) is 4.68. The van der Waals surface area contributed by atoms with Gasteiger partial charge in [-0.1, -0.05) is 30.3 Å². The van der Waals surface area contributed by atoms with Crippen LogP contribution in [0.5, 0.6) is 5.75 Å². The fraction of sp³-hybridized carbons (Fsp3) is 0.300. The molecule has 2 aromatic rings. The van der Waals surface area contributed by atoms with Gasteiger partial charge in [0.25, 0.3) is 0 Å². The first-order chi connectivity index (χ1) is 13.4. The van der Waals surface area contributed by atoms with Gasteiger partial charge in [-0.25, -0.2) is 0 Å². The average molecular weight is 427 g/mol. The molecular weight excluding hydrogens is 407 g/mol. The van der Waals surface area contributed by atoms with Crippen LogP contribution in [0, 0.1) is 0 Å². The fourth-order valence-electron chi connectivity index (χ4n) is 3.54. The molecule has 1 aliphatic heterocycles. The minimum atomic E-state index is -5.83. The molecule has 2 N–H and O–H groups in total. The number of aliphatic hydroxyl groups excluding tert-OH is 1. The highest BCUT2D eigenvalue weighted by Crippen LogP contribution is 2.43. The van der Waals surface area contributed by atoms with Crippen LogP contribution in [0.4, 0.5) is 18.9 Å². The lowest BCUT2D eigenvalue weighted by Gasteiger charge is -2.33. The van der Waals surface area contributed by atoms with E-state index >= 15 is 0 Å². The number of aliphatic hydroxyl groups is 1. The van der Waals surface area contributed by atoms with Gasteiger partial charge in [0.2, 0.25) is 0 Å². The monoisotopic (exact) mass is 427 g/mol. The van der Waals surface area contributed by atoms with E-state index in [1.807, 2.05) is 26.8 Å². The molecule has 0 bridgehead atoms. The number of fused-ring (bicyclic) bond motifs is 1. The summed E-state index contributed by atoms with van der Waals surface area (Å²) in [6.07, 6.45) is 1.98. The molecule has 0 spiro atoms. The number of rotatable bonds is 4. The number of anilines is 1. The zero-order chi connectivity index (χ0) is 21.6. The van der Waals surface area contributed by atoms with Crippen molar-refractivity contribution >= 4 is 21.4 Å². The summed E-state index contributed by atoms with van der Waals surface area (Å²) < 4.78 is 65.7. The zero-order valence-corrected chi connectivity index (χ0v) is 16.8. The number of halogens is 3. The Bertz CT molecular complexity index is 1090. The Kier molecular flexibility index (Phi) is 5.17. The number of hydrogen-bond donors (Lipinski definition) is 2. The molecule has 0 saturated heterocycles. The third kappa shape index (κ3) is 3.97. The third-order valence-corrected chi connectivity index (χ3v) is 5.53. The van der Waals surface area contributed by atoms with Crippen LogP contribution in [0.2, 0.25) is 0 Å². The van der Waals surface area contributed by atoms with E-state index in [1.165, 1.54) is 12.1 Å². The minimum absolute atomic E-state index is 0.129. The molecule has 156 valence electrons. The van der Waals surface area contributed by atoms with E-state index in [0.717, 1.165) is 22.9 Å². The van der Waals surface area contributed by atoms with Crippen molar-refractivity contribution in [1.29, 1.82) is 0 Å². The number of hydrogen-bond acceptors (Lipinski definition) is 5. The van der Waals surface area contributed by atoms with Crippen LogP contribution in [-0.2, 0) is 16.7 Å². The lowest BCUT2D eigenvalue weighted by Crippen LogP contribution is -2.32. The van der Waals surface area contributed by atoms with Gasteiger partial charge in [-0.15, -0.1) is 0 Å². The Morgan fingerprint density at radius 3 is 2.38 bits per heavy atom. The van der Waals surface area contributed by atoms with Crippen molar-refractivity contribution in [1.82, 2.24) is 0 Å². The average Bonchev–Trinajstić information content (AvgIpc) is 2.59. The van der Waals surface area contributed by atoms with E-state index in [1.54, 1.807) is 18.2 Å². The molecule has 0 fully saturated rings. The zero-order valence-electron chi connectivity index (χ0n) is 16.0. The summed E-state index contributed by atoms with van der Waals surface area (Å²) in [5, 5.41) is 13.4. The second kappa shape index (κ2) is 7.07. The van der Waals surface area contributed by atoms with Crippen molar-refractivity contribution in [2.75, 3.05) is 5.32 Å². The summed E-state index contributed by atoms with van der Waals surface area (Å²) in [4.78, 5) is 0. The normalized spacial score (nSPS) is 15.9. The van der Waals surface area contributed by atoms with Crippen LogP contribution in [0.25, 0.3) is 16.7 Å². The van der Waals surface area contributed by atoms with Gasteiger partial charge in [0, 0.05) is 16.8 Å². The summed E-state index contributed by atoms with van der Waals surface area (Å²) >= 11 is 0. The predicted molar refractivity (Wildman–Crippen MR) is 105 cm³/mol. The number of benzene rings is 2. The van der Waals surface area contributed by atoms with Crippen molar-refractivity contribution in [3.8, 4) is 16.9 Å². The molecule has 1 aliphatic rings. The molecular formula is C20H20F3NO4S. The maximum Gasteiger partial charge on any atom is 0.534 e. The molecule has 1 heterocycles. The summed E-state index contributed by atoms with van der Waals surface area (Å²) in [5.74, 6) is -0.467. The van der Waals surface area contributed by atoms with E-state index in [-0.39, 0.29) is 11.1 Å². The summed E-state index contributed by atoms with van der Waals surface area (Å²) in [6.45, 7) is 5.45. The van der Waals surface area contributed by atoms with Crippen LogP contribution in [0.1, 0.15) is 31.9 Å². The van der Waals surface area contributed by atoms with Crippen LogP contribution >= 0.6 is 0 Å². The van der Waals surface area contributed by atoms with E-state index in [0.29, 0.717) is 11.1 Å². The van der Waals surface area contributed by atoms with Gasteiger partial charge in [0.1, 0.15) is 0 Å². The molecule has 29 heavy (non-hydrogen) atoms. The van der Waals surface area contributed by atoms with E-state index in [4.69, 9.17) is 0 Å². The van der Waals surface area contributed by atoms with Crippen molar-refractivity contribution in [2.24, 2.45) is 0 Å². The summed E-state index contributed by atoms with van der Waals surface area (Å²) in [6, 6.07) is 8.88. The Morgan fingerprint density at radius 2 is 1.76 bits per heavy atom. The standard InChI is InChI=1S/C20H20F3NO4S/c1-12-10-19(2,3)24-16-9-8-13(15(11-25)18(12)16)14-6-4-5-7-17(14)28-29(26,27)20(21,22)23/h4-10,24-25H,11H2,1-3H3. The molecule has 5 nitrogen and oxygen atoms in total. The molecule has 0 aromatic heterocycles. The van der Waals surface area contributed by atoms with Crippen LogP contribution < -0.4 is 9.50 Å². The maximum absolute atomic E-state index is 12.8. The van der Waals surface area contributed by atoms with E-state index < -0.39 is 28.0 Å². The molecule has 0 unspecified atom stereocenters. The molecule has 0 radical (unpaired) electrons. The van der Waals surface area contributed by atoms with Crippen LogP contribution in [0.15, 0.2) is 42.5 Å². The lowest BCUT2D eigenvalue weighted by molar-refractivity contribution is -0.0499. The molecule has 9 heteroatoms. The number of para-hydroxylation sites is 1. The minimum Gasteiger partial charge on any atom is -0.392 e. The Balaban J connectivity index is 2.18. The van der Waals surface area contributed by atoms with Gasteiger partial charge in [0.15, 0.2) is 5.75 Å². The highest BCUT2D eigenvalue weighted by atomic mass is 32.2. The number of alkyl halides is 3. The molecule has 3 rings (SSSR count). The van der Waals surface area contributed by atoms with Crippen molar-refractivity contribution in [3.05, 3.63) is 53.6 Å². The van der Waals surface area contributed by atoms with Crippen LogP contribution in [-0.4, -0.2) is 24.6 Å². The Labute approximate surface area is 167 Å². The first kappa shape index (κ1) is 21.2. The second-order valence-electron chi connectivity index (χ2n) is 7.33. The van der Waals surface area contributed by atoms with Gasteiger partial charge in [-0.2, -0.15) is 21.6 Å². The lowest BCUT2D eigenvalue weighted by atomic mass is 9.85. The first-order valence-corrected chi connectivity index (χ1v) is 10.1. The summed E-state index contributed by atoms with van der Waals surface area (Å²) in [5.41, 5.74) is -2.52. The molecule has 0 aliphatic carbocycles. The molecule has 2 aromatic carbocycles. The van der Waals surface area contributed by atoms with Gasteiger partial charge >= 0.3 is 15.6 Å². The van der Waals surface area contributed by atoms with E-state index in [2.05, 4.69) is 9.50 Å². The van der Waals surface area contributed by atoms with Gasteiger partial charge in [-0.05, 0) is 49.6 Å². The highest BCUT2D eigenvalue weighted by Gasteiger charge is 2.48. The number of allylic oxidation sites excluding steroid dienone is 1. The smallest absolute Gasteiger partial charge is 0.392 e. The molecule has 0 amide bonds. The Hall–Kier alpha value is -2.52.